The van der Waals surface area contributed by atoms with Crippen LogP contribution in [0, 0.1) is 0 Å². The third-order valence-corrected chi connectivity index (χ3v) is 9.32. The zero-order valence-corrected chi connectivity index (χ0v) is 23.7. The molecule has 0 aliphatic rings. The maximum atomic E-state index is 2.21. The zero-order chi connectivity index (χ0) is 26.3. The summed E-state index contributed by atoms with van der Waals surface area (Å²) in [6.45, 7) is 0. The molecule has 0 bridgehead atoms. The van der Waals surface area contributed by atoms with E-state index in [1.807, 2.05) is 0 Å². The third-order valence-electron chi connectivity index (χ3n) is 6.28. The molecule has 39 heavy (non-hydrogen) atoms. The second-order valence-electron chi connectivity index (χ2n) is 9.03. The van der Waals surface area contributed by atoms with Gasteiger partial charge in [0.05, 0.1) is 0 Å². The molecular formula is C36H26S3. The van der Waals surface area contributed by atoms with Crippen molar-refractivity contribution in [2.45, 2.75) is 29.4 Å². The fraction of sp³-hybridized carbons (Fsp3) is 0. The highest BCUT2D eigenvalue weighted by molar-refractivity contribution is 7.99. The van der Waals surface area contributed by atoms with Crippen LogP contribution in [0.15, 0.2) is 187 Å². The maximum absolute atomic E-state index is 2.21. The van der Waals surface area contributed by atoms with Crippen molar-refractivity contribution >= 4 is 35.3 Å². The molecule has 3 heteroatoms. The van der Waals surface area contributed by atoms with Gasteiger partial charge >= 0.3 is 0 Å². The predicted octanol–water partition coefficient (Wildman–Crippen LogP) is 11.5. The molecule has 0 aliphatic carbocycles. The molecule has 0 aromatic heterocycles. The van der Waals surface area contributed by atoms with Crippen LogP contribution in [0.2, 0.25) is 0 Å². The van der Waals surface area contributed by atoms with Crippen molar-refractivity contribution in [3.63, 3.8) is 0 Å². The number of benzene rings is 6. The summed E-state index contributed by atoms with van der Waals surface area (Å²) in [6.07, 6.45) is 0. The molecule has 188 valence electrons. The van der Waals surface area contributed by atoms with E-state index in [0.29, 0.717) is 0 Å². The van der Waals surface area contributed by atoms with Crippen molar-refractivity contribution in [2.75, 3.05) is 0 Å². The first-order valence-corrected chi connectivity index (χ1v) is 15.3. The van der Waals surface area contributed by atoms with Crippen molar-refractivity contribution in [3.05, 3.63) is 158 Å². The highest BCUT2D eigenvalue weighted by atomic mass is 32.2. The molecule has 0 radical (unpaired) electrons. The predicted molar refractivity (Wildman–Crippen MR) is 169 cm³/mol. The Kier molecular flexibility index (Phi) is 8.21. The molecule has 0 N–H and O–H groups in total. The van der Waals surface area contributed by atoms with Crippen LogP contribution in [0.4, 0.5) is 0 Å². The lowest BCUT2D eigenvalue weighted by Crippen LogP contribution is -1.81. The highest BCUT2D eigenvalue weighted by Gasteiger charge is 2.04. The first kappa shape index (κ1) is 25.6. The van der Waals surface area contributed by atoms with Crippen molar-refractivity contribution in [1.29, 1.82) is 0 Å². The molecule has 6 aromatic carbocycles. The van der Waals surface area contributed by atoms with Crippen LogP contribution in [-0.4, -0.2) is 0 Å². The zero-order valence-electron chi connectivity index (χ0n) is 21.2. The Labute approximate surface area is 243 Å². The Morgan fingerprint density at radius 1 is 0.205 bits per heavy atom. The van der Waals surface area contributed by atoms with Gasteiger partial charge in [0.25, 0.3) is 0 Å². The van der Waals surface area contributed by atoms with Gasteiger partial charge in [-0.2, -0.15) is 0 Å². The van der Waals surface area contributed by atoms with Crippen LogP contribution in [0.1, 0.15) is 0 Å². The van der Waals surface area contributed by atoms with E-state index in [4.69, 9.17) is 0 Å². The average Bonchev–Trinajstić information content (AvgIpc) is 3.00. The summed E-state index contributed by atoms with van der Waals surface area (Å²) in [5.74, 6) is 0. The van der Waals surface area contributed by atoms with Gasteiger partial charge in [-0.1, -0.05) is 120 Å². The Balaban J connectivity index is 1.06. The Hall–Kier alpha value is -3.63. The Bertz CT molecular complexity index is 1480. The van der Waals surface area contributed by atoms with Gasteiger partial charge in [-0.3, -0.25) is 0 Å². The van der Waals surface area contributed by atoms with Gasteiger partial charge in [-0.15, -0.1) is 0 Å². The molecule has 6 aromatic rings. The number of hydrogen-bond acceptors (Lipinski definition) is 3. The molecule has 0 saturated heterocycles. The van der Waals surface area contributed by atoms with E-state index < -0.39 is 0 Å². The van der Waals surface area contributed by atoms with E-state index in [-0.39, 0.29) is 0 Å². The molecular weight excluding hydrogens is 529 g/mol. The molecule has 0 heterocycles. The molecule has 0 spiro atoms. The van der Waals surface area contributed by atoms with Crippen LogP contribution in [0.25, 0.3) is 22.3 Å². The maximum Gasteiger partial charge on any atom is 0.0122 e. The molecule has 0 nitrogen and oxygen atoms in total. The molecule has 0 aliphatic heterocycles. The summed E-state index contributed by atoms with van der Waals surface area (Å²) >= 11 is 5.38. The van der Waals surface area contributed by atoms with Crippen molar-refractivity contribution in [3.8, 4) is 22.3 Å². The smallest absolute Gasteiger partial charge is 0.0122 e. The van der Waals surface area contributed by atoms with Crippen LogP contribution < -0.4 is 0 Å². The first-order chi connectivity index (χ1) is 19.3. The lowest BCUT2D eigenvalue weighted by Gasteiger charge is -2.08. The Morgan fingerprint density at radius 2 is 0.410 bits per heavy atom. The van der Waals surface area contributed by atoms with E-state index in [1.165, 1.54) is 51.6 Å². The fourth-order valence-corrected chi connectivity index (χ4v) is 6.74. The van der Waals surface area contributed by atoms with Crippen molar-refractivity contribution in [1.82, 2.24) is 0 Å². The SMILES string of the molecule is c1ccc(Sc2ccc(-c3ccc(Sc4ccc(-c5ccc(Sc6ccccc6)cc5)cc4)cc3)cc2)cc1. The van der Waals surface area contributed by atoms with Gasteiger partial charge in [0.15, 0.2) is 0 Å². The molecule has 0 amide bonds. The van der Waals surface area contributed by atoms with Gasteiger partial charge < -0.3 is 0 Å². The molecule has 0 unspecified atom stereocenters. The van der Waals surface area contributed by atoms with Crippen molar-refractivity contribution < 1.29 is 0 Å². The topological polar surface area (TPSA) is 0 Å². The lowest BCUT2D eigenvalue weighted by molar-refractivity contribution is 1.38. The van der Waals surface area contributed by atoms with Crippen LogP contribution >= 0.6 is 35.3 Å². The summed E-state index contributed by atoms with van der Waals surface area (Å²) in [5, 5.41) is 0. The normalized spacial score (nSPS) is 10.9. The second-order valence-corrected chi connectivity index (χ2v) is 12.5. The summed E-state index contributed by atoms with van der Waals surface area (Å²) in [6, 6.07) is 56.3. The van der Waals surface area contributed by atoms with Gasteiger partial charge in [0.1, 0.15) is 0 Å². The van der Waals surface area contributed by atoms with E-state index in [1.54, 1.807) is 35.3 Å². The fourth-order valence-electron chi connectivity index (χ4n) is 4.25. The average molecular weight is 555 g/mol. The minimum Gasteiger partial charge on any atom is -0.0901 e. The molecule has 6 rings (SSSR count). The summed E-state index contributed by atoms with van der Waals surface area (Å²) in [7, 11) is 0. The van der Waals surface area contributed by atoms with Crippen molar-refractivity contribution in [2.24, 2.45) is 0 Å². The quantitative estimate of drug-likeness (QED) is 0.184. The molecule has 0 atom stereocenters. The summed E-state index contributed by atoms with van der Waals surface area (Å²) in [4.78, 5) is 7.51. The van der Waals surface area contributed by atoms with E-state index in [0.717, 1.165) is 0 Å². The molecule has 0 fully saturated rings. The van der Waals surface area contributed by atoms with Crippen LogP contribution in [0.5, 0.6) is 0 Å². The first-order valence-electron chi connectivity index (χ1n) is 12.8. The molecule has 0 saturated carbocycles. The largest absolute Gasteiger partial charge is 0.0901 e. The van der Waals surface area contributed by atoms with Crippen LogP contribution in [-0.2, 0) is 0 Å². The number of hydrogen-bond donors (Lipinski definition) is 0. The monoisotopic (exact) mass is 554 g/mol. The summed E-state index contributed by atoms with van der Waals surface area (Å²) < 4.78 is 0. The van der Waals surface area contributed by atoms with Gasteiger partial charge in [-0.25, -0.2) is 0 Å². The second kappa shape index (κ2) is 12.5. The highest BCUT2D eigenvalue weighted by Crippen LogP contribution is 2.34. The third kappa shape index (κ3) is 6.88. The van der Waals surface area contributed by atoms with Gasteiger partial charge in [-0.05, 0) is 95.1 Å². The minimum absolute atomic E-state index is 1.24. The van der Waals surface area contributed by atoms with E-state index in [9.17, 15) is 0 Å². The van der Waals surface area contributed by atoms with Gasteiger partial charge in [0.2, 0.25) is 0 Å². The van der Waals surface area contributed by atoms with Gasteiger partial charge in [0, 0.05) is 29.4 Å². The minimum atomic E-state index is 1.24. The Morgan fingerprint density at radius 3 is 0.641 bits per heavy atom. The standard InChI is InChI=1S/C36H26S3/c1-3-7-31(8-4-1)37-33-19-11-27(12-20-33)29-15-23-35(24-16-29)39-36-25-17-30(18-26-36)28-13-21-34(22-14-28)38-32-9-5-2-6-10-32/h1-26H. The number of rotatable bonds is 8. The lowest BCUT2D eigenvalue weighted by atomic mass is 10.1. The summed E-state index contributed by atoms with van der Waals surface area (Å²) in [5.41, 5.74) is 4.95. The van der Waals surface area contributed by atoms with E-state index >= 15 is 0 Å². The van der Waals surface area contributed by atoms with Crippen LogP contribution in [0.3, 0.4) is 0 Å². The van der Waals surface area contributed by atoms with E-state index in [2.05, 4.69) is 158 Å².